The summed E-state index contributed by atoms with van der Waals surface area (Å²) in [4.78, 5) is 12.0. The first-order chi connectivity index (χ1) is 10.9. The number of benzene rings is 2. The van der Waals surface area contributed by atoms with Gasteiger partial charge in [-0.3, -0.25) is 4.79 Å². The van der Waals surface area contributed by atoms with Crippen LogP contribution in [0.1, 0.15) is 0 Å². The maximum absolute atomic E-state index is 11.9. The number of ether oxygens (including phenoxy) is 2. The molecular formula is C16H17NO5S. The first-order valence-corrected chi connectivity index (χ1v) is 8.65. The molecule has 1 amide bonds. The molecule has 0 heterocycles. The summed E-state index contributed by atoms with van der Waals surface area (Å²) in [5, 5.41) is 2.54. The van der Waals surface area contributed by atoms with Crippen molar-refractivity contribution in [3.05, 3.63) is 48.5 Å². The topological polar surface area (TPSA) is 81.7 Å². The summed E-state index contributed by atoms with van der Waals surface area (Å²) in [6.07, 6.45) is 1.09. The molecule has 2 aromatic carbocycles. The third-order valence-corrected chi connectivity index (χ3v) is 4.14. The van der Waals surface area contributed by atoms with E-state index in [1.54, 1.807) is 43.5 Å². The highest BCUT2D eigenvalue weighted by atomic mass is 32.2. The first-order valence-electron chi connectivity index (χ1n) is 6.76. The zero-order chi connectivity index (χ0) is 16.9. The molecule has 122 valence electrons. The Morgan fingerprint density at radius 2 is 1.65 bits per heavy atom. The fourth-order valence-corrected chi connectivity index (χ4v) is 2.74. The van der Waals surface area contributed by atoms with E-state index in [0.29, 0.717) is 11.5 Å². The van der Waals surface area contributed by atoms with Crippen LogP contribution < -0.4 is 14.8 Å². The Morgan fingerprint density at radius 3 is 2.26 bits per heavy atom. The Hall–Kier alpha value is -2.54. The maximum atomic E-state index is 11.9. The molecule has 0 bridgehead atoms. The van der Waals surface area contributed by atoms with Crippen molar-refractivity contribution >= 4 is 21.4 Å². The van der Waals surface area contributed by atoms with E-state index in [0.717, 1.165) is 6.26 Å². The van der Waals surface area contributed by atoms with E-state index in [9.17, 15) is 13.2 Å². The van der Waals surface area contributed by atoms with Crippen LogP contribution in [0.5, 0.6) is 11.5 Å². The van der Waals surface area contributed by atoms with Crippen molar-refractivity contribution in [1.82, 2.24) is 0 Å². The second-order valence-corrected chi connectivity index (χ2v) is 6.76. The molecule has 0 radical (unpaired) electrons. The SMILES string of the molecule is COc1ccc(OCC(=O)Nc2ccccc2S(C)(=O)=O)cc1. The van der Waals surface area contributed by atoms with Crippen LogP contribution in [0.25, 0.3) is 0 Å². The number of carbonyl (C=O) groups excluding carboxylic acids is 1. The minimum atomic E-state index is -3.42. The summed E-state index contributed by atoms with van der Waals surface area (Å²) < 4.78 is 33.7. The third-order valence-electron chi connectivity index (χ3n) is 2.99. The average Bonchev–Trinajstić information content (AvgIpc) is 2.53. The Labute approximate surface area is 135 Å². The van der Waals surface area contributed by atoms with Gasteiger partial charge in [0.05, 0.1) is 17.7 Å². The number of sulfone groups is 1. The molecule has 0 saturated carbocycles. The van der Waals surface area contributed by atoms with E-state index in [1.807, 2.05) is 0 Å². The molecule has 7 heteroatoms. The standard InChI is InChI=1S/C16H17NO5S/c1-21-12-7-9-13(10-8-12)22-11-16(18)17-14-5-3-4-6-15(14)23(2,19)20/h3-10H,11H2,1-2H3,(H,17,18). The van der Waals surface area contributed by atoms with Gasteiger partial charge in [-0.1, -0.05) is 12.1 Å². The fourth-order valence-electron chi connectivity index (χ4n) is 1.90. The third kappa shape index (κ3) is 4.72. The van der Waals surface area contributed by atoms with Crippen LogP contribution >= 0.6 is 0 Å². The van der Waals surface area contributed by atoms with Gasteiger partial charge in [-0.15, -0.1) is 0 Å². The molecule has 23 heavy (non-hydrogen) atoms. The van der Waals surface area contributed by atoms with Gasteiger partial charge in [0.1, 0.15) is 11.5 Å². The van der Waals surface area contributed by atoms with Crippen LogP contribution in [0.15, 0.2) is 53.4 Å². The van der Waals surface area contributed by atoms with Gasteiger partial charge in [0.25, 0.3) is 5.91 Å². The monoisotopic (exact) mass is 335 g/mol. The first kappa shape index (κ1) is 16.8. The molecule has 0 aromatic heterocycles. The van der Waals surface area contributed by atoms with E-state index in [-0.39, 0.29) is 17.2 Å². The van der Waals surface area contributed by atoms with Crippen LogP contribution in [-0.2, 0) is 14.6 Å². The van der Waals surface area contributed by atoms with Gasteiger partial charge in [-0.05, 0) is 36.4 Å². The quantitative estimate of drug-likeness (QED) is 0.874. The summed E-state index contributed by atoms with van der Waals surface area (Å²) in [5.74, 6) is 0.748. The van der Waals surface area contributed by atoms with Crippen molar-refractivity contribution in [2.24, 2.45) is 0 Å². The predicted octanol–water partition coefficient (Wildman–Crippen LogP) is 2.12. The average molecular weight is 335 g/mol. The Balaban J connectivity index is 2.00. The molecule has 0 fully saturated rings. The number of methoxy groups -OCH3 is 1. The van der Waals surface area contributed by atoms with E-state index in [1.165, 1.54) is 12.1 Å². The van der Waals surface area contributed by atoms with Gasteiger partial charge in [0.15, 0.2) is 16.4 Å². The van der Waals surface area contributed by atoms with E-state index in [4.69, 9.17) is 9.47 Å². The number of nitrogens with one attached hydrogen (secondary N) is 1. The van der Waals surface area contributed by atoms with Crippen LogP contribution in [0.3, 0.4) is 0 Å². The Bertz CT molecular complexity index is 784. The molecule has 2 aromatic rings. The van der Waals surface area contributed by atoms with Crippen molar-refractivity contribution in [2.45, 2.75) is 4.90 Å². The van der Waals surface area contributed by atoms with Crippen molar-refractivity contribution in [2.75, 3.05) is 25.3 Å². The van der Waals surface area contributed by atoms with Crippen LogP contribution in [0.4, 0.5) is 5.69 Å². The minimum Gasteiger partial charge on any atom is -0.497 e. The molecule has 0 saturated heterocycles. The number of rotatable bonds is 6. The normalized spacial score (nSPS) is 10.9. The van der Waals surface area contributed by atoms with Gasteiger partial charge >= 0.3 is 0 Å². The van der Waals surface area contributed by atoms with Crippen LogP contribution in [0, 0.1) is 0 Å². The fraction of sp³-hybridized carbons (Fsp3) is 0.188. The lowest BCUT2D eigenvalue weighted by molar-refractivity contribution is -0.118. The van der Waals surface area contributed by atoms with E-state index >= 15 is 0 Å². The largest absolute Gasteiger partial charge is 0.497 e. The van der Waals surface area contributed by atoms with Crippen molar-refractivity contribution in [3.63, 3.8) is 0 Å². The van der Waals surface area contributed by atoms with Gasteiger partial charge in [-0.25, -0.2) is 8.42 Å². The molecule has 0 aliphatic heterocycles. The highest BCUT2D eigenvalue weighted by molar-refractivity contribution is 7.90. The number of hydrogen-bond acceptors (Lipinski definition) is 5. The second-order valence-electron chi connectivity index (χ2n) is 4.78. The summed E-state index contributed by atoms with van der Waals surface area (Å²) in [7, 11) is -1.87. The maximum Gasteiger partial charge on any atom is 0.262 e. The lowest BCUT2D eigenvalue weighted by Crippen LogP contribution is -2.21. The molecule has 2 rings (SSSR count). The van der Waals surface area contributed by atoms with Gasteiger partial charge in [-0.2, -0.15) is 0 Å². The van der Waals surface area contributed by atoms with Crippen LogP contribution in [-0.4, -0.2) is 34.3 Å². The molecule has 6 nitrogen and oxygen atoms in total. The molecule has 0 aliphatic rings. The zero-order valence-electron chi connectivity index (χ0n) is 12.8. The molecule has 0 spiro atoms. The minimum absolute atomic E-state index is 0.0674. The molecule has 1 N–H and O–H groups in total. The number of carbonyl (C=O) groups is 1. The highest BCUT2D eigenvalue weighted by Crippen LogP contribution is 2.21. The van der Waals surface area contributed by atoms with Crippen molar-refractivity contribution in [3.8, 4) is 11.5 Å². The van der Waals surface area contributed by atoms with Crippen molar-refractivity contribution < 1.29 is 22.7 Å². The Kier molecular flexibility index (Phi) is 5.23. The summed E-state index contributed by atoms with van der Waals surface area (Å²) in [6, 6.07) is 13.0. The lowest BCUT2D eigenvalue weighted by atomic mass is 10.3. The van der Waals surface area contributed by atoms with Crippen LogP contribution in [0.2, 0.25) is 0 Å². The number of para-hydroxylation sites is 1. The number of amides is 1. The Morgan fingerprint density at radius 1 is 1.04 bits per heavy atom. The zero-order valence-corrected chi connectivity index (χ0v) is 13.6. The van der Waals surface area contributed by atoms with E-state index < -0.39 is 15.7 Å². The van der Waals surface area contributed by atoms with Gasteiger partial charge in [0, 0.05) is 6.26 Å². The summed E-state index contributed by atoms with van der Waals surface area (Å²) in [6.45, 7) is -0.232. The molecule has 0 unspecified atom stereocenters. The predicted molar refractivity (Wildman–Crippen MR) is 86.7 cm³/mol. The summed E-state index contributed by atoms with van der Waals surface area (Å²) in [5.41, 5.74) is 0.235. The summed E-state index contributed by atoms with van der Waals surface area (Å²) >= 11 is 0. The number of anilines is 1. The van der Waals surface area contributed by atoms with Crippen molar-refractivity contribution in [1.29, 1.82) is 0 Å². The highest BCUT2D eigenvalue weighted by Gasteiger charge is 2.14. The van der Waals surface area contributed by atoms with Gasteiger partial charge < -0.3 is 14.8 Å². The number of hydrogen-bond donors (Lipinski definition) is 1. The smallest absolute Gasteiger partial charge is 0.262 e. The van der Waals surface area contributed by atoms with E-state index in [2.05, 4.69) is 5.32 Å². The lowest BCUT2D eigenvalue weighted by Gasteiger charge is -2.10. The molecule has 0 atom stereocenters. The molecule has 0 aliphatic carbocycles. The van der Waals surface area contributed by atoms with Gasteiger partial charge in [0.2, 0.25) is 0 Å². The molecular weight excluding hydrogens is 318 g/mol. The second kappa shape index (κ2) is 7.15.